The van der Waals surface area contributed by atoms with Crippen molar-refractivity contribution in [1.29, 1.82) is 0 Å². The zero-order valence-electron chi connectivity index (χ0n) is 15.6. The largest absolute Gasteiger partial charge is 0.469 e. The Hall–Kier alpha value is -3.15. The lowest BCUT2D eigenvalue weighted by Gasteiger charge is -2.13. The molecule has 142 valence electrons. The van der Waals surface area contributed by atoms with Crippen LogP contribution in [-0.2, 0) is 28.6 Å². The Kier molecular flexibility index (Phi) is 7.11. The Bertz CT molecular complexity index is 801. The number of benzene rings is 1. The molecule has 0 aromatic heterocycles. The first kappa shape index (κ1) is 20.2. The van der Waals surface area contributed by atoms with Crippen molar-refractivity contribution in [3.8, 4) is 0 Å². The Morgan fingerprint density at radius 1 is 1.11 bits per heavy atom. The molecule has 0 fully saturated rings. The third kappa shape index (κ3) is 4.94. The van der Waals surface area contributed by atoms with Crippen LogP contribution in [0.25, 0.3) is 0 Å². The fraction of sp³-hybridized carbons (Fsp3) is 0.286. The zero-order valence-corrected chi connectivity index (χ0v) is 15.6. The molecule has 1 heterocycles. The summed E-state index contributed by atoms with van der Waals surface area (Å²) in [5.41, 5.74) is 1.97. The predicted molar refractivity (Wildman–Crippen MR) is 98.5 cm³/mol. The van der Waals surface area contributed by atoms with E-state index >= 15 is 0 Å². The predicted octanol–water partition coefficient (Wildman–Crippen LogP) is 3.21. The van der Waals surface area contributed by atoms with Crippen molar-refractivity contribution in [1.82, 2.24) is 0 Å². The van der Waals surface area contributed by atoms with E-state index in [0.29, 0.717) is 11.1 Å². The van der Waals surface area contributed by atoms with E-state index in [0.717, 1.165) is 5.56 Å². The molecule has 0 bridgehead atoms. The summed E-state index contributed by atoms with van der Waals surface area (Å²) >= 11 is 0. The highest BCUT2D eigenvalue weighted by Crippen LogP contribution is 2.37. The number of cyclic esters (lactones) is 1. The van der Waals surface area contributed by atoms with Crippen LogP contribution in [0.3, 0.4) is 0 Å². The van der Waals surface area contributed by atoms with E-state index in [2.05, 4.69) is 4.74 Å². The molecule has 1 aliphatic rings. The summed E-state index contributed by atoms with van der Waals surface area (Å²) in [4.78, 5) is 36.0. The lowest BCUT2D eigenvalue weighted by Crippen LogP contribution is -2.10. The first-order valence-corrected chi connectivity index (χ1v) is 8.50. The van der Waals surface area contributed by atoms with E-state index < -0.39 is 24.0 Å². The maximum atomic E-state index is 12.3. The Morgan fingerprint density at radius 3 is 2.41 bits per heavy atom. The number of ether oxygens (including phenoxy) is 3. The third-order valence-electron chi connectivity index (χ3n) is 4.08. The first-order valence-electron chi connectivity index (χ1n) is 8.50. The molecule has 0 radical (unpaired) electrons. The van der Waals surface area contributed by atoms with Crippen LogP contribution in [-0.4, -0.2) is 32.1 Å². The van der Waals surface area contributed by atoms with Gasteiger partial charge in [-0.2, -0.15) is 0 Å². The summed E-state index contributed by atoms with van der Waals surface area (Å²) in [5.74, 6) is -1.48. The minimum atomic E-state index is -0.636. The van der Waals surface area contributed by atoms with Crippen molar-refractivity contribution in [2.75, 3.05) is 14.2 Å². The molecule has 1 aromatic carbocycles. The quantitative estimate of drug-likeness (QED) is 0.417. The standard InChI is InChI=1S/C21H22O6/c1-4-8-16-17(13-15(20(23)26-3)11-12-18(22)25-2)19(27-21(16)24)14-9-6-5-7-10-14/h4-10,13,19H,11-12H2,1-3H3/b8-4+,15-13+. The van der Waals surface area contributed by atoms with Gasteiger partial charge < -0.3 is 14.2 Å². The van der Waals surface area contributed by atoms with Gasteiger partial charge in [-0.15, -0.1) is 0 Å². The lowest BCUT2D eigenvalue weighted by molar-refractivity contribution is -0.141. The van der Waals surface area contributed by atoms with Gasteiger partial charge in [0, 0.05) is 17.6 Å². The topological polar surface area (TPSA) is 78.9 Å². The summed E-state index contributed by atoms with van der Waals surface area (Å²) in [7, 11) is 2.55. The van der Waals surface area contributed by atoms with E-state index in [-0.39, 0.29) is 18.4 Å². The van der Waals surface area contributed by atoms with Gasteiger partial charge in [-0.05, 0) is 25.0 Å². The van der Waals surface area contributed by atoms with Crippen LogP contribution in [0.5, 0.6) is 0 Å². The molecule has 6 nitrogen and oxygen atoms in total. The van der Waals surface area contributed by atoms with Crippen molar-refractivity contribution >= 4 is 17.9 Å². The first-order chi connectivity index (χ1) is 13.0. The van der Waals surface area contributed by atoms with Gasteiger partial charge in [0.15, 0.2) is 6.10 Å². The van der Waals surface area contributed by atoms with Crippen LogP contribution in [0.4, 0.5) is 0 Å². The molecule has 0 saturated carbocycles. The molecule has 1 aromatic rings. The Labute approximate surface area is 158 Å². The van der Waals surface area contributed by atoms with Gasteiger partial charge in [0.1, 0.15) is 0 Å². The monoisotopic (exact) mass is 370 g/mol. The third-order valence-corrected chi connectivity index (χ3v) is 4.08. The molecule has 1 atom stereocenters. The minimum Gasteiger partial charge on any atom is -0.469 e. The molecular weight excluding hydrogens is 348 g/mol. The molecule has 1 aliphatic heterocycles. The minimum absolute atomic E-state index is 0.0223. The Balaban J connectivity index is 2.50. The van der Waals surface area contributed by atoms with E-state index in [1.54, 1.807) is 25.2 Å². The normalized spacial score (nSPS) is 17.2. The molecule has 0 saturated heterocycles. The number of hydrogen-bond acceptors (Lipinski definition) is 6. The van der Waals surface area contributed by atoms with Crippen molar-refractivity contribution in [2.24, 2.45) is 0 Å². The molecule has 0 N–H and O–H groups in total. The molecule has 6 heteroatoms. The fourth-order valence-electron chi connectivity index (χ4n) is 2.74. The number of hydrogen-bond donors (Lipinski definition) is 0. The smallest absolute Gasteiger partial charge is 0.339 e. The van der Waals surface area contributed by atoms with Gasteiger partial charge in [0.05, 0.1) is 19.8 Å². The maximum Gasteiger partial charge on any atom is 0.339 e. The van der Waals surface area contributed by atoms with Crippen molar-refractivity contribution in [3.05, 3.63) is 70.8 Å². The number of carbonyl (C=O) groups excluding carboxylic acids is 3. The van der Waals surface area contributed by atoms with Crippen molar-refractivity contribution < 1.29 is 28.6 Å². The van der Waals surface area contributed by atoms with Crippen LogP contribution < -0.4 is 0 Å². The highest BCUT2D eigenvalue weighted by atomic mass is 16.5. The van der Waals surface area contributed by atoms with Gasteiger partial charge in [-0.3, -0.25) is 4.79 Å². The fourth-order valence-corrected chi connectivity index (χ4v) is 2.74. The number of esters is 3. The van der Waals surface area contributed by atoms with E-state index in [1.165, 1.54) is 14.2 Å². The molecule has 0 amide bonds. The summed E-state index contributed by atoms with van der Waals surface area (Å²) in [6.45, 7) is 1.79. The van der Waals surface area contributed by atoms with Crippen molar-refractivity contribution in [2.45, 2.75) is 25.9 Å². The number of rotatable bonds is 7. The second-order valence-electron chi connectivity index (χ2n) is 5.80. The summed E-state index contributed by atoms with van der Waals surface area (Å²) < 4.78 is 15.0. The van der Waals surface area contributed by atoms with Crippen LogP contribution >= 0.6 is 0 Å². The lowest BCUT2D eigenvalue weighted by atomic mass is 9.95. The highest BCUT2D eigenvalue weighted by molar-refractivity contribution is 5.97. The second kappa shape index (κ2) is 9.52. The average Bonchev–Trinajstić information content (AvgIpc) is 3.00. The molecule has 0 aliphatic carbocycles. The zero-order chi connectivity index (χ0) is 19.8. The summed E-state index contributed by atoms with van der Waals surface area (Å²) in [6.07, 6.45) is 4.46. The SMILES string of the molecule is C/C=C/C1=C(/C=C(\CCC(=O)OC)C(=O)OC)C(c2ccccc2)OC1=O. The summed E-state index contributed by atoms with van der Waals surface area (Å²) in [5, 5.41) is 0. The summed E-state index contributed by atoms with van der Waals surface area (Å²) in [6, 6.07) is 9.24. The van der Waals surface area contributed by atoms with E-state index in [1.807, 2.05) is 30.3 Å². The van der Waals surface area contributed by atoms with E-state index in [9.17, 15) is 14.4 Å². The number of methoxy groups -OCH3 is 2. The molecule has 27 heavy (non-hydrogen) atoms. The van der Waals surface area contributed by atoms with Crippen LogP contribution in [0.15, 0.2) is 65.3 Å². The number of allylic oxidation sites excluding steroid dienone is 1. The molecule has 2 rings (SSSR count). The van der Waals surface area contributed by atoms with Gasteiger partial charge in [0.2, 0.25) is 0 Å². The number of carbonyl (C=O) groups is 3. The van der Waals surface area contributed by atoms with Crippen molar-refractivity contribution in [3.63, 3.8) is 0 Å². The van der Waals surface area contributed by atoms with Gasteiger partial charge >= 0.3 is 17.9 Å². The molecule has 0 spiro atoms. The second-order valence-corrected chi connectivity index (χ2v) is 5.80. The maximum absolute atomic E-state index is 12.3. The highest BCUT2D eigenvalue weighted by Gasteiger charge is 2.33. The van der Waals surface area contributed by atoms with Crippen LogP contribution in [0.2, 0.25) is 0 Å². The van der Waals surface area contributed by atoms with Gasteiger partial charge in [0.25, 0.3) is 0 Å². The molecular formula is C21H22O6. The van der Waals surface area contributed by atoms with Gasteiger partial charge in [-0.25, -0.2) is 9.59 Å². The molecule has 1 unspecified atom stereocenters. The van der Waals surface area contributed by atoms with Crippen LogP contribution in [0.1, 0.15) is 31.4 Å². The van der Waals surface area contributed by atoms with Crippen LogP contribution in [0, 0.1) is 0 Å². The van der Waals surface area contributed by atoms with Gasteiger partial charge in [-0.1, -0.05) is 42.5 Å². The Morgan fingerprint density at radius 2 is 1.81 bits per heavy atom. The van der Waals surface area contributed by atoms with E-state index in [4.69, 9.17) is 9.47 Å². The average molecular weight is 370 g/mol.